The minimum Gasteiger partial charge on any atom is -0.496 e. The average Bonchev–Trinajstić information content (AvgIpc) is 3.01. The maximum absolute atomic E-state index is 12.6. The van der Waals surface area contributed by atoms with E-state index in [0.29, 0.717) is 35.1 Å². The molecule has 1 N–H and O–H groups in total. The molecule has 1 amide bonds. The highest BCUT2D eigenvalue weighted by Crippen LogP contribution is 2.22. The third kappa shape index (κ3) is 3.43. The van der Waals surface area contributed by atoms with Gasteiger partial charge in [-0.05, 0) is 30.7 Å². The maximum Gasteiger partial charge on any atom is 0.259 e. The Kier molecular flexibility index (Phi) is 4.56. The molecule has 3 aromatic rings. The van der Waals surface area contributed by atoms with Crippen LogP contribution in [0.15, 0.2) is 53.1 Å². The molecule has 3 rings (SSSR count). The second-order valence-corrected chi connectivity index (χ2v) is 5.22. The van der Waals surface area contributed by atoms with Gasteiger partial charge in [0.2, 0.25) is 5.89 Å². The largest absolute Gasteiger partial charge is 0.496 e. The van der Waals surface area contributed by atoms with Crippen LogP contribution < -0.4 is 10.1 Å². The number of carbonyl (C=O) groups is 1. The van der Waals surface area contributed by atoms with Crippen molar-refractivity contribution in [2.45, 2.75) is 13.3 Å². The fourth-order valence-electron chi connectivity index (χ4n) is 2.39. The average molecular weight is 323 g/mol. The van der Waals surface area contributed by atoms with Crippen molar-refractivity contribution in [3.05, 3.63) is 71.4 Å². The van der Waals surface area contributed by atoms with Crippen molar-refractivity contribution in [3.63, 3.8) is 0 Å². The maximum atomic E-state index is 12.6. The van der Waals surface area contributed by atoms with E-state index >= 15 is 0 Å². The first-order valence-electron chi connectivity index (χ1n) is 7.49. The van der Waals surface area contributed by atoms with Gasteiger partial charge in [0.15, 0.2) is 5.82 Å². The molecule has 0 aliphatic heterocycles. The van der Waals surface area contributed by atoms with Gasteiger partial charge in [-0.15, -0.1) is 0 Å². The summed E-state index contributed by atoms with van der Waals surface area (Å²) in [7, 11) is 1.54. The number of aromatic nitrogens is 2. The molecule has 2 aromatic carbocycles. The summed E-state index contributed by atoms with van der Waals surface area (Å²) in [6, 6.07) is 14.6. The van der Waals surface area contributed by atoms with Crippen molar-refractivity contribution >= 4 is 11.6 Å². The number of nitrogens with one attached hydrogen (secondary N) is 1. The van der Waals surface area contributed by atoms with Crippen LogP contribution in [0.25, 0.3) is 0 Å². The minimum atomic E-state index is -0.235. The van der Waals surface area contributed by atoms with Crippen molar-refractivity contribution in [1.29, 1.82) is 0 Å². The molecule has 0 radical (unpaired) electrons. The third-order valence-corrected chi connectivity index (χ3v) is 3.53. The topological polar surface area (TPSA) is 77.2 Å². The third-order valence-electron chi connectivity index (χ3n) is 3.53. The van der Waals surface area contributed by atoms with E-state index < -0.39 is 0 Å². The van der Waals surface area contributed by atoms with Gasteiger partial charge < -0.3 is 14.6 Å². The molecule has 0 fully saturated rings. The van der Waals surface area contributed by atoms with Gasteiger partial charge in [-0.3, -0.25) is 4.79 Å². The lowest BCUT2D eigenvalue weighted by Crippen LogP contribution is -2.14. The Labute approximate surface area is 139 Å². The van der Waals surface area contributed by atoms with E-state index in [1.807, 2.05) is 30.3 Å². The Morgan fingerprint density at radius 3 is 2.67 bits per heavy atom. The number of amides is 1. The Morgan fingerprint density at radius 2 is 1.92 bits per heavy atom. The van der Waals surface area contributed by atoms with Crippen molar-refractivity contribution in [2.75, 3.05) is 12.4 Å². The number of hydrogen-bond acceptors (Lipinski definition) is 5. The molecule has 0 aliphatic carbocycles. The number of benzene rings is 2. The van der Waals surface area contributed by atoms with Crippen LogP contribution in [0.3, 0.4) is 0 Å². The first-order valence-corrected chi connectivity index (χ1v) is 7.49. The lowest BCUT2D eigenvalue weighted by Gasteiger charge is -2.12. The highest BCUT2D eigenvalue weighted by molar-refractivity contribution is 6.06. The smallest absolute Gasteiger partial charge is 0.259 e. The number of para-hydroxylation sites is 2. The van der Waals surface area contributed by atoms with Crippen LogP contribution in [0.5, 0.6) is 5.75 Å². The predicted octanol–water partition coefficient (Wildman–Crippen LogP) is 3.23. The van der Waals surface area contributed by atoms with Crippen LogP contribution >= 0.6 is 0 Å². The standard InChI is InChI=1S/C18H17N3O3/c1-12-19-17(24-21-12)11-13-7-3-5-9-15(13)20-18(22)14-8-4-6-10-16(14)23-2/h3-10H,11H2,1-2H3,(H,20,22). The molecule has 6 nitrogen and oxygen atoms in total. The lowest BCUT2D eigenvalue weighted by atomic mass is 10.1. The quantitative estimate of drug-likeness (QED) is 0.780. The SMILES string of the molecule is COc1ccccc1C(=O)Nc1ccccc1Cc1nc(C)no1. The summed E-state index contributed by atoms with van der Waals surface area (Å²) in [4.78, 5) is 16.8. The molecule has 6 heteroatoms. The number of anilines is 1. The molecule has 1 heterocycles. The van der Waals surface area contributed by atoms with E-state index in [1.165, 1.54) is 7.11 Å². The number of hydrogen-bond donors (Lipinski definition) is 1. The zero-order valence-electron chi connectivity index (χ0n) is 13.4. The van der Waals surface area contributed by atoms with Crippen molar-refractivity contribution < 1.29 is 14.1 Å². The summed E-state index contributed by atoms with van der Waals surface area (Å²) in [5, 5.41) is 6.70. The summed E-state index contributed by atoms with van der Waals surface area (Å²) in [6.45, 7) is 1.77. The van der Waals surface area contributed by atoms with E-state index in [-0.39, 0.29) is 5.91 Å². The second-order valence-electron chi connectivity index (χ2n) is 5.22. The molecular weight excluding hydrogens is 306 g/mol. The monoisotopic (exact) mass is 323 g/mol. The summed E-state index contributed by atoms with van der Waals surface area (Å²) >= 11 is 0. The van der Waals surface area contributed by atoms with E-state index in [0.717, 1.165) is 5.56 Å². The zero-order valence-corrected chi connectivity index (χ0v) is 13.4. The van der Waals surface area contributed by atoms with Crippen LogP contribution in [-0.4, -0.2) is 23.2 Å². The number of aryl methyl sites for hydroxylation is 1. The van der Waals surface area contributed by atoms with Gasteiger partial charge in [-0.25, -0.2) is 0 Å². The Balaban J connectivity index is 1.83. The van der Waals surface area contributed by atoms with Gasteiger partial charge in [0.05, 0.1) is 19.1 Å². The van der Waals surface area contributed by atoms with E-state index in [2.05, 4.69) is 15.5 Å². The van der Waals surface area contributed by atoms with E-state index in [9.17, 15) is 4.79 Å². The summed E-state index contributed by atoms with van der Waals surface area (Å²) in [6.07, 6.45) is 0.448. The van der Waals surface area contributed by atoms with Crippen molar-refractivity contribution in [3.8, 4) is 5.75 Å². The van der Waals surface area contributed by atoms with Crippen molar-refractivity contribution in [1.82, 2.24) is 10.1 Å². The molecule has 0 aliphatic rings. The van der Waals surface area contributed by atoms with Gasteiger partial charge in [0, 0.05) is 5.69 Å². The molecule has 0 spiro atoms. The highest BCUT2D eigenvalue weighted by Gasteiger charge is 2.14. The van der Waals surface area contributed by atoms with Crippen LogP contribution in [0, 0.1) is 6.92 Å². The number of nitrogens with zero attached hydrogens (tertiary/aromatic N) is 2. The van der Waals surface area contributed by atoms with Crippen LogP contribution in [-0.2, 0) is 6.42 Å². The highest BCUT2D eigenvalue weighted by atomic mass is 16.5. The first kappa shape index (κ1) is 15.7. The molecule has 0 saturated heterocycles. The molecule has 122 valence electrons. The Hall–Kier alpha value is -3.15. The molecular formula is C18H17N3O3. The van der Waals surface area contributed by atoms with Gasteiger partial charge >= 0.3 is 0 Å². The van der Waals surface area contributed by atoms with Crippen molar-refractivity contribution in [2.24, 2.45) is 0 Å². The fraction of sp³-hybridized carbons (Fsp3) is 0.167. The molecule has 0 atom stereocenters. The van der Waals surface area contributed by atoms with Gasteiger partial charge in [-0.2, -0.15) is 4.98 Å². The molecule has 0 saturated carbocycles. The zero-order chi connectivity index (χ0) is 16.9. The Morgan fingerprint density at radius 1 is 1.17 bits per heavy atom. The molecule has 0 bridgehead atoms. The first-order chi connectivity index (χ1) is 11.7. The molecule has 24 heavy (non-hydrogen) atoms. The van der Waals surface area contributed by atoms with Crippen LogP contribution in [0.2, 0.25) is 0 Å². The van der Waals surface area contributed by atoms with Crippen LogP contribution in [0.1, 0.15) is 27.6 Å². The van der Waals surface area contributed by atoms with Gasteiger partial charge in [0.1, 0.15) is 5.75 Å². The number of carbonyl (C=O) groups excluding carboxylic acids is 1. The number of ether oxygens (including phenoxy) is 1. The second kappa shape index (κ2) is 6.95. The summed E-state index contributed by atoms with van der Waals surface area (Å²) in [5.41, 5.74) is 2.07. The van der Waals surface area contributed by atoms with Gasteiger partial charge in [0.25, 0.3) is 5.91 Å². The number of methoxy groups -OCH3 is 1. The van der Waals surface area contributed by atoms with E-state index in [4.69, 9.17) is 9.26 Å². The molecule has 1 aromatic heterocycles. The van der Waals surface area contributed by atoms with Crippen LogP contribution in [0.4, 0.5) is 5.69 Å². The predicted molar refractivity (Wildman–Crippen MR) is 89.2 cm³/mol. The normalized spacial score (nSPS) is 10.4. The Bertz CT molecular complexity index is 858. The summed E-state index contributed by atoms with van der Waals surface area (Å²) in [5.74, 6) is 1.38. The van der Waals surface area contributed by atoms with E-state index in [1.54, 1.807) is 25.1 Å². The summed E-state index contributed by atoms with van der Waals surface area (Å²) < 4.78 is 10.4. The fourth-order valence-corrected chi connectivity index (χ4v) is 2.39. The lowest BCUT2D eigenvalue weighted by molar-refractivity contribution is 0.102. The van der Waals surface area contributed by atoms with Gasteiger partial charge in [-0.1, -0.05) is 35.5 Å². The molecule has 0 unspecified atom stereocenters. The minimum absolute atomic E-state index is 0.235. The number of rotatable bonds is 5.